The van der Waals surface area contributed by atoms with Crippen molar-refractivity contribution in [3.8, 4) is 0 Å². The number of rotatable bonds is 5. The lowest BCUT2D eigenvalue weighted by Crippen LogP contribution is -2.28. The molecular weight excluding hydrogens is 302 g/mol. The lowest BCUT2D eigenvalue weighted by Gasteiger charge is -2.24. The average Bonchev–Trinajstić information content (AvgIpc) is 2.67. The molecule has 1 unspecified atom stereocenters. The highest BCUT2D eigenvalue weighted by molar-refractivity contribution is 9.10. The van der Waals surface area contributed by atoms with E-state index in [9.17, 15) is 0 Å². The van der Waals surface area contributed by atoms with Crippen LogP contribution in [-0.4, -0.2) is 15.8 Å². The number of hydrogen-bond donors (Lipinski definition) is 1. The molecule has 1 aliphatic carbocycles. The van der Waals surface area contributed by atoms with E-state index in [1.54, 1.807) is 0 Å². The molecule has 0 bridgehead atoms. The first-order chi connectivity index (χ1) is 9.11. The van der Waals surface area contributed by atoms with Crippen molar-refractivity contribution in [2.24, 2.45) is 11.7 Å². The fraction of sp³-hybridized carbons (Fsp3) is 0.800. The topological polar surface area (TPSA) is 43.8 Å². The second kappa shape index (κ2) is 6.89. The highest BCUT2D eigenvalue weighted by Gasteiger charge is 2.20. The first-order valence-electron chi connectivity index (χ1n) is 7.59. The highest BCUT2D eigenvalue weighted by atomic mass is 79.9. The molecule has 2 rings (SSSR count). The molecule has 2 N–H and O–H groups in total. The summed E-state index contributed by atoms with van der Waals surface area (Å²) in [5.74, 6) is 0.849. The molecule has 0 saturated heterocycles. The van der Waals surface area contributed by atoms with Crippen LogP contribution < -0.4 is 5.73 Å². The maximum atomic E-state index is 6.38. The van der Waals surface area contributed by atoms with E-state index < -0.39 is 0 Å². The van der Waals surface area contributed by atoms with Gasteiger partial charge in [0.1, 0.15) is 0 Å². The van der Waals surface area contributed by atoms with Gasteiger partial charge in [0, 0.05) is 19.0 Å². The molecule has 0 amide bonds. The summed E-state index contributed by atoms with van der Waals surface area (Å²) in [6, 6.07) is 0.265. The van der Waals surface area contributed by atoms with Crippen molar-refractivity contribution >= 4 is 15.9 Å². The Kier molecular flexibility index (Phi) is 5.46. The Morgan fingerprint density at radius 3 is 2.68 bits per heavy atom. The summed E-state index contributed by atoms with van der Waals surface area (Å²) in [4.78, 5) is 0. The largest absolute Gasteiger partial charge is 0.327 e. The number of halogens is 1. The zero-order chi connectivity index (χ0) is 13.8. The van der Waals surface area contributed by atoms with Gasteiger partial charge >= 0.3 is 0 Å². The van der Waals surface area contributed by atoms with Gasteiger partial charge in [0.2, 0.25) is 0 Å². The molecule has 1 aromatic heterocycles. The van der Waals surface area contributed by atoms with Gasteiger partial charge in [0.05, 0.1) is 15.9 Å². The zero-order valence-corrected chi connectivity index (χ0v) is 13.7. The monoisotopic (exact) mass is 327 g/mol. The summed E-state index contributed by atoms with van der Waals surface area (Å²) in [6.45, 7) is 5.10. The van der Waals surface area contributed by atoms with Crippen molar-refractivity contribution < 1.29 is 0 Å². The number of aromatic nitrogens is 2. The van der Waals surface area contributed by atoms with Gasteiger partial charge in [-0.3, -0.25) is 4.68 Å². The molecule has 3 nitrogen and oxygen atoms in total. The molecule has 4 heteroatoms. The van der Waals surface area contributed by atoms with Crippen LogP contribution in [0.2, 0.25) is 0 Å². The van der Waals surface area contributed by atoms with Crippen LogP contribution in [0.3, 0.4) is 0 Å². The molecule has 1 fully saturated rings. The summed E-state index contributed by atoms with van der Waals surface area (Å²) in [5.41, 5.74) is 8.71. The first kappa shape index (κ1) is 15.0. The van der Waals surface area contributed by atoms with E-state index in [0.717, 1.165) is 29.1 Å². The smallest absolute Gasteiger partial charge is 0.0738 e. The van der Waals surface area contributed by atoms with E-state index in [2.05, 4.69) is 32.6 Å². The summed E-state index contributed by atoms with van der Waals surface area (Å²) < 4.78 is 3.23. The van der Waals surface area contributed by atoms with Crippen LogP contribution in [0.15, 0.2) is 4.47 Å². The van der Waals surface area contributed by atoms with Crippen molar-refractivity contribution in [1.29, 1.82) is 0 Å². The molecule has 0 aromatic carbocycles. The predicted octanol–water partition coefficient (Wildman–Crippen LogP) is 3.81. The number of nitrogens with two attached hydrogens (primary N) is 1. The van der Waals surface area contributed by atoms with Crippen LogP contribution in [0.5, 0.6) is 0 Å². The van der Waals surface area contributed by atoms with Crippen LogP contribution in [-0.2, 0) is 13.0 Å². The minimum Gasteiger partial charge on any atom is -0.327 e. The van der Waals surface area contributed by atoms with Crippen molar-refractivity contribution in [2.45, 2.75) is 71.4 Å². The Bertz CT molecular complexity index is 408. The van der Waals surface area contributed by atoms with Gasteiger partial charge < -0.3 is 5.73 Å². The predicted molar refractivity (Wildman–Crippen MR) is 83.2 cm³/mol. The molecule has 0 radical (unpaired) electrons. The normalized spacial score (nSPS) is 18.7. The van der Waals surface area contributed by atoms with E-state index in [1.807, 2.05) is 6.92 Å². The summed E-state index contributed by atoms with van der Waals surface area (Å²) in [7, 11) is 0. The molecule has 1 heterocycles. The van der Waals surface area contributed by atoms with E-state index in [1.165, 1.54) is 44.2 Å². The molecular formula is C15H26BrN3. The molecule has 108 valence electrons. The van der Waals surface area contributed by atoms with Crippen LogP contribution in [0.1, 0.15) is 56.8 Å². The summed E-state index contributed by atoms with van der Waals surface area (Å²) in [5, 5.41) is 4.54. The minimum atomic E-state index is 0.265. The Morgan fingerprint density at radius 2 is 2.05 bits per heavy atom. The van der Waals surface area contributed by atoms with Crippen molar-refractivity contribution in [3.63, 3.8) is 0 Å². The third-order valence-corrected chi connectivity index (χ3v) is 5.30. The van der Waals surface area contributed by atoms with Crippen LogP contribution in [0, 0.1) is 12.8 Å². The van der Waals surface area contributed by atoms with Crippen molar-refractivity contribution in [2.75, 3.05) is 0 Å². The van der Waals surface area contributed by atoms with Crippen molar-refractivity contribution in [1.82, 2.24) is 9.78 Å². The SMILES string of the molecule is CCn1nc(C)c(Br)c1CC(N)CC1CCCCC1. The third kappa shape index (κ3) is 3.82. The lowest BCUT2D eigenvalue weighted by atomic mass is 9.84. The second-order valence-corrected chi connectivity index (χ2v) is 6.66. The highest BCUT2D eigenvalue weighted by Crippen LogP contribution is 2.29. The van der Waals surface area contributed by atoms with Gasteiger partial charge in [0.15, 0.2) is 0 Å². The Balaban J connectivity index is 1.96. The van der Waals surface area contributed by atoms with Gasteiger partial charge in [-0.1, -0.05) is 32.1 Å². The number of nitrogens with zero attached hydrogens (tertiary/aromatic N) is 2. The average molecular weight is 328 g/mol. The fourth-order valence-corrected chi connectivity index (χ4v) is 3.69. The second-order valence-electron chi connectivity index (χ2n) is 5.87. The van der Waals surface area contributed by atoms with Gasteiger partial charge in [-0.2, -0.15) is 5.10 Å². The molecule has 1 aromatic rings. The van der Waals surface area contributed by atoms with Crippen LogP contribution >= 0.6 is 15.9 Å². The quantitative estimate of drug-likeness (QED) is 0.893. The Hall–Kier alpha value is -0.350. The summed E-state index contributed by atoms with van der Waals surface area (Å²) in [6.07, 6.45) is 9.06. The van der Waals surface area contributed by atoms with Gasteiger partial charge in [-0.15, -0.1) is 0 Å². The van der Waals surface area contributed by atoms with Gasteiger partial charge in [-0.05, 0) is 42.1 Å². The van der Waals surface area contributed by atoms with Crippen molar-refractivity contribution in [3.05, 3.63) is 15.9 Å². The van der Waals surface area contributed by atoms with E-state index in [0.29, 0.717) is 0 Å². The van der Waals surface area contributed by atoms with E-state index >= 15 is 0 Å². The molecule has 1 atom stereocenters. The third-order valence-electron chi connectivity index (χ3n) is 4.27. The Morgan fingerprint density at radius 1 is 1.37 bits per heavy atom. The molecule has 0 spiro atoms. The first-order valence-corrected chi connectivity index (χ1v) is 8.38. The standard InChI is InChI=1S/C15H26BrN3/c1-3-19-14(15(16)11(2)18-19)10-13(17)9-12-7-5-4-6-8-12/h12-13H,3-10,17H2,1-2H3. The molecule has 1 aliphatic rings. The van der Waals surface area contributed by atoms with Crippen LogP contribution in [0.25, 0.3) is 0 Å². The van der Waals surface area contributed by atoms with Crippen LogP contribution in [0.4, 0.5) is 0 Å². The number of hydrogen-bond acceptors (Lipinski definition) is 2. The molecule has 0 aliphatic heterocycles. The molecule has 1 saturated carbocycles. The number of aryl methyl sites for hydroxylation is 2. The lowest BCUT2D eigenvalue weighted by molar-refractivity contribution is 0.315. The molecule has 19 heavy (non-hydrogen) atoms. The maximum Gasteiger partial charge on any atom is 0.0738 e. The fourth-order valence-electron chi connectivity index (χ4n) is 3.25. The Labute approximate surface area is 125 Å². The zero-order valence-electron chi connectivity index (χ0n) is 12.2. The van der Waals surface area contributed by atoms with E-state index in [-0.39, 0.29) is 6.04 Å². The van der Waals surface area contributed by atoms with Gasteiger partial charge in [0.25, 0.3) is 0 Å². The maximum absolute atomic E-state index is 6.38. The summed E-state index contributed by atoms with van der Waals surface area (Å²) >= 11 is 3.66. The van der Waals surface area contributed by atoms with Gasteiger partial charge in [-0.25, -0.2) is 0 Å². The van der Waals surface area contributed by atoms with E-state index in [4.69, 9.17) is 5.73 Å². The minimum absolute atomic E-state index is 0.265.